The number of phenolic OH excluding ortho intramolecular Hbond substituents is 1. The standard InChI is InChI=1S/C27H36N2O3.BrH/c1-8-22(30)16-9-10-17-14-29(25(28)19(17)11-16)15-23(31)18-12-20(26(2,3)4)24(32)21(13-18)27(5,6)7;/h9-13,22,28,30,32H,8,14-15H2,1-7H3;1H. The van der Waals surface area contributed by atoms with E-state index in [4.69, 9.17) is 5.41 Å². The summed E-state index contributed by atoms with van der Waals surface area (Å²) in [6.45, 7) is 14.7. The highest BCUT2D eigenvalue weighted by Crippen LogP contribution is 2.40. The number of phenols is 1. The number of carbonyl (C=O) groups is 1. The van der Waals surface area contributed by atoms with Gasteiger partial charge < -0.3 is 15.1 Å². The topological polar surface area (TPSA) is 84.6 Å². The van der Waals surface area contributed by atoms with E-state index in [0.717, 1.165) is 27.8 Å². The minimum atomic E-state index is -0.549. The van der Waals surface area contributed by atoms with Gasteiger partial charge in [-0.3, -0.25) is 10.2 Å². The predicted molar refractivity (Wildman–Crippen MR) is 139 cm³/mol. The van der Waals surface area contributed by atoms with Gasteiger partial charge in [-0.15, -0.1) is 17.0 Å². The van der Waals surface area contributed by atoms with Gasteiger partial charge in [-0.2, -0.15) is 0 Å². The lowest BCUT2D eigenvalue weighted by atomic mass is 9.78. The van der Waals surface area contributed by atoms with Gasteiger partial charge in [-0.25, -0.2) is 0 Å². The lowest BCUT2D eigenvalue weighted by molar-refractivity contribution is 0.0962. The van der Waals surface area contributed by atoms with Crippen LogP contribution < -0.4 is 0 Å². The Kier molecular flexibility index (Phi) is 7.87. The number of amidine groups is 1. The molecule has 2 aromatic carbocycles. The number of aromatic hydroxyl groups is 1. The number of rotatable bonds is 5. The summed E-state index contributed by atoms with van der Waals surface area (Å²) in [4.78, 5) is 15.1. The Morgan fingerprint density at radius 3 is 2.09 bits per heavy atom. The summed E-state index contributed by atoms with van der Waals surface area (Å²) in [5, 5.41) is 29.7. The second kappa shape index (κ2) is 9.59. The summed E-state index contributed by atoms with van der Waals surface area (Å²) >= 11 is 0. The third-order valence-corrected chi connectivity index (χ3v) is 6.22. The number of ketones is 1. The molecule has 1 heterocycles. The molecule has 3 N–H and O–H groups in total. The van der Waals surface area contributed by atoms with E-state index < -0.39 is 6.10 Å². The summed E-state index contributed by atoms with van der Waals surface area (Å²) in [5.74, 6) is 0.488. The zero-order chi connectivity index (χ0) is 24.0. The molecule has 0 fully saturated rings. The molecule has 0 bridgehead atoms. The van der Waals surface area contributed by atoms with E-state index in [1.54, 1.807) is 17.0 Å². The second-order valence-electron chi connectivity index (χ2n) is 10.9. The Labute approximate surface area is 208 Å². The third-order valence-electron chi connectivity index (χ3n) is 6.22. The molecule has 6 heteroatoms. The van der Waals surface area contributed by atoms with Crippen LogP contribution in [-0.2, 0) is 17.4 Å². The summed E-state index contributed by atoms with van der Waals surface area (Å²) in [6.07, 6.45) is 0.0638. The Balaban J connectivity index is 0.00000385. The van der Waals surface area contributed by atoms with E-state index >= 15 is 0 Å². The molecular formula is C27H37BrN2O3. The fraction of sp³-hybridized carbons (Fsp3) is 0.481. The maximum absolute atomic E-state index is 13.3. The molecule has 1 aliphatic heterocycles. The summed E-state index contributed by atoms with van der Waals surface area (Å²) in [6, 6.07) is 9.31. The maximum Gasteiger partial charge on any atom is 0.182 e. The van der Waals surface area contributed by atoms with E-state index in [2.05, 4.69) is 0 Å². The van der Waals surface area contributed by atoms with Gasteiger partial charge in [-0.05, 0) is 46.6 Å². The molecule has 1 unspecified atom stereocenters. The Hall–Kier alpha value is -2.18. The van der Waals surface area contributed by atoms with Crippen molar-refractivity contribution in [2.24, 2.45) is 0 Å². The third kappa shape index (κ3) is 5.49. The van der Waals surface area contributed by atoms with Crippen LogP contribution in [0.15, 0.2) is 30.3 Å². The fourth-order valence-electron chi connectivity index (χ4n) is 4.19. The van der Waals surface area contributed by atoms with E-state index in [1.165, 1.54) is 0 Å². The van der Waals surface area contributed by atoms with Gasteiger partial charge in [-0.1, -0.05) is 60.6 Å². The number of Topliss-reactive ketones (excluding diaryl/α,β-unsaturated/α-hetero) is 1. The maximum atomic E-state index is 13.3. The summed E-state index contributed by atoms with van der Waals surface area (Å²) in [7, 11) is 0. The molecular weight excluding hydrogens is 480 g/mol. The normalized spacial score (nSPS) is 14.7. The second-order valence-corrected chi connectivity index (χ2v) is 10.9. The first-order valence-electron chi connectivity index (χ1n) is 11.3. The van der Waals surface area contributed by atoms with E-state index in [1.807, 2.05) is 66.7 Å². The molecule has 0 aromatic heterocycles. The summed E-state index contributed by atoms with van der Waals surface area (Å²) < 4.78 is 0. The average Bonchev–Trinajstić information content (AvgIpc) is 3.00. The number of aliphatic hydroxyl groups excluding tert-OH is 1. The number of benzene rings is 2. The summed E-state index contributed by atoms with van der Waals surface area (Å²) in [5.41, 5.74) is 4.01. The molecule has 33 heavy (non-hydrogen) atoms. The lowest BCUT2D eigenvalue weighted by Crippen LogP contribution is -2.30. The van der Waals surface area contributed by atoms with Gasteiger partial charge in [0, 0.05) is 28.8 Å². The molecule has 5 nitrogen and oxygen atoms in total. The number of halogens is 1. The first-order valence-corrected chi connectivity index (χ1v) is 11.3. The van der Waals surface area contributed by atoms with Crippen molar-refractivity contribution in [3.8, 4) is 5.75 Å². The highest BCUT2D eigenvalue weighted by Gasteiger charge is 2.30. The van der Waals surface area contributed by atoms with Gasteiger partial charge >= 0.3 is 0 Å². The molecule has 0 amide bonds. The number of nitrogens with zero attached hydrogens (tertiary/aromatic N) is 1. The van der Waals surface area contributed by atoms with Crippen molar-refractivity contribution < 1.29 is 15.0 Å². The van der Waals surface area contributed by atoms with Gasteiger partial charge in [0.2, 0.25) is 0 Å². The van der Waals surface area contributed by atoms with Crippen LogP contribution in [0.5, 0.6) is 5.75 Å². The minimum Gasteiger partial charge on any atom is -0.507 e. The minimum absolute atomic E-state index is 0. The van der Waals surface area contributed by atoms with Crippen molar-refractivity contribution in [1.82, 2.24) is 4.90 Å². The van der Waals surface area contributed by atoms with Crippen molar-refractivity contribution in [3.63, 3.8) is 0 Å². The van der Waals surface area contributed by atoms with Crippen molar-refractivity contribution in [3.05, 3.63) is 63.7 Å². The zero-order valence-corrected chi connectivity index (χ0v) is 22.5. The molecule has 1 aliphatic rings. The molecule has 180 valence electrons. The van der Waals surface area contributed by atoms with Crippen molar-refractivity contribution in [2.45, 2.75) is 78.4 Å². The number of fused-ring (bicyclic) bond motifs is 1. The van der Waals surface area contributed by atoms with Gasteiger partial charge in [0.15, 0.2) is 5.78 Å². The zero-order valence-electron chi connectivity index (χ0n) is 20.7. The SMILES string of the molecule is Br.CCC(O)c1ccc2c(c1)C(=N)N(CC(=O)c1cc(C(C)(C)C)c(O)c(C(C)(C)C)c1)C2. The highest BCUT2D eigenvalue weighted by atomic mass is 79.9. The van der Waals surface area contributed by atoms with Crippen molar-refractivity contribution >= 4 is 28.6 Å². The van der Waals surface area contributed by atoms with Crippen molar-refractivity contribution in [2.75, 3.05) is 6.54 Å². The quantitative estimate of drug-likeness (QED) is 0.423. The largest absolute Gasteiger partial charge is 0.507 e. The molecule has 0 spiro atoms. The highest BCUT2D eigenvalue weighted by molar-refractivity contribution is 8.93. The van der Waals surface area contributed by atoms with Crippen LogP contribution in [0.4, 0.5) is 0 Å². The monoisotopic (exact) mass is 516 g/mol. The molecule has 1 atom stereocenters. The number of hydrogen-bond acceptors (Lipinski definition) is 4. The predicted octanol–water partition coefficient (Wildman–Crippen LogP) is 6.03. The number of carbonyl (C=O) groups excluding carboxylic acids is 1. The van der Waals surface area contributed by atoms with Crippen LogP contribution in [0.3, 0.4) is 0 Å². The van der Waals surface area contributed by atoms with Gasteiger partial charge in [0.25, 0.3) is 0 Å². The number of aliphatic hydroxyl groups is 1. The molecule has 0 saturated carbocycles. The molecule has 0 radical (unpaired) electrons. The fourth-order valence-corrected chi connectivity index (χ4v) is 4.19. The van der Waals surface area contributed by atoms with Gasteiger partial charge in [0.1, 0.15) is 11.6 Å². The van der Waals surface area contributed by atoms with Crippen LogP contribution >= 0.6 is 17.0 Å². The number of nitrogens with one attached hydrogen (secondary N) is 1. The lowest BCUT2D eigenvalue weighted by Gasteiger charge is -2.28. The van der Waals surface area contributed by atoms with Crippen LogP contribution in [0, 0.1) is 5.41 Å². The Morgan fingerprint density at radius 2 is 1.61 bits per heavy atom. The van der Waals surface area contributed by atoms with E-state index in [9.17, 15) is 15.0 Å². The van der Waals surface area contributed by atoms with Crippen molar-refractivity contribution in [1.29, 1.82) is 5.41 Å². The first-order chi connectivity index (χ1) is 14.7. The van der Waals surface area contributed by atoms with E-state index in [-0.39, 0.29) is 45.9 Å². The Morgan fingerprint density at radius 1 is 1.06 bits per heavy atom. The van der Waals surface area contributed by atoms with Crippen LogP contribution in [-0.4, -0.2) is 33.3 Å². The first kappa shape index (κ1) is 27.1. The smallest absolute Gasteiger partial charge is 0.182 e. The average molecular weight is 518 g/mol. The van der Waals surface area contributed by atoms with Crippen LogP contribution in [0.25, 0.3) is 0 Å². The number of hydrogen-bond donors (Lipinski definition) is 3. The molecule has 0 saturated heterocycles. The van der Waals surface area contributed by atoms with E-state index in [0.29, 0.717) is 24.4 Å². The molecule has 2 aromatic rings. The van der Waals surface area contributed by atoms with Crippen LogP contribution in [0.2, 0.25) is 0 Å². The molecule has 0 aliphatic carbocycles. The molecule has 3 rings (SSSR count). The Bertz CT molecular complexity index is 1030. The van der Waals surface area contributed by atoms with Gasteiger partial charge in [0.05, 0.1) is 12.6 Å². The van der Waals surface area contributed by atoms with Crippen LogP contribution in [0.1, 0.15) is 99.2 Å².